The lowest BCUT2D eigenvalue weighted by atomic mass is 10.2. The summed E-state index contributed by atoms with van der Waals surface area (Å²) in [5.74, 6) is 0.421. The van der Waals surface area contributed by atoms with E-state index >= 15 is 0 Å². The number of carbonyl (C=O) groups is 2. The average molecular weight is 360 g/mol. The number of carbonyl (C=O) groups excluding carboxylic acids is 2. The van der Waals surface area contributed by atoms with Crippen molar-refractivity contribution in [3.63, 3.8) is 0 Å². The van der Waals surface area contributed by atoms with Gasteiger partial charge in [0.1, 0.15) is 10.6 Å². The molecule has 132 valence electrons. The molecule has 2 amide bonds. The second-order valence-corrected chi connectivity index (χ2v) is 6.54. The van der Waals surface area contributed by atoms with Gasteiger partial charge >= 0.3 is 0 Å². The summed E-state index contributed by atoms with van der Waals surface area (Å²) in [7, 11) is 1.55. The van der Waals surface area contributed by atoms with Gasteiger partial charge in [-0.3, -0.25) is 9.59 Å². The Hall–Kier alpha value is -2.48. The third-order valence-corrected chi connectivity index (χ3v) is 4.82. The highest BCUT2D eigenvalue weighted by molar-refractivity contribution is 7.08. The molecule has 1 fully saturated rings. The first kappa shape index (κ1) is 17.3. The van der Waals surface area contributed by atoms with Crippen molar-refractivity contribution in [3.05, 3.63) is 28.8 Å². The second kappa shape index (κ2) is 7.60. The summed E-state index contributed by atoms with van der Waals surface area (Å²) in [6.07, 6.45) is 3.02. The first-order valence-electron chi connectivity index (χ1n) is 8.25. The first-order chi connectivity index (χ1) is 12.1. The zero-order valence-electron chi connectivity index (χ0n) is 14.2. The summed E-state index contributed by atoms with van der Waals surface area (Å²) in [5.41, 5.74) is 2.05. The normalized spacial score (nSPS) is 14.0. The second-order valence-electron chi connectivity index (χ2n) is 5.79. The summed E-state index contributed by atoms with van der Waals surface area (Å²) in [5, 5.41) is 6.87. The van der Waals surface area contributed by atoms with Crippen molar-refractivity contribution in [3.8, 4) is 5.75 Å². The molecule has 7 nitrogen and oxygen atoms in total. The van der Waals surface area contributed by atoms with Crippen LogP contribution in [0, 0.1) is 0 Å². The van der Waals surface area contributed by atoms with Crippen molar-refractivity contribution in [1.29, 1.82) is 0 Å². The molecular weight excluding hydrogens is 340 g/mol. The predicted octanol–water partition coefficient (Wildman–Crippen LogP) is 2.88. The quantitative estimate of drug-likeness (QED) is 0.856. The average Bonchev–Trinajstić information content (AvgIpc) is 3.24. The molecule has 3 rings (SSSR count). The van der Waals surface area contributed by atoms with E-state index in [0.29, 0.717) is 29.3 Å². The van der Waals surface area contributed by atoms with Gasteiger partial charge in [-0.1, -0.05) is 17.8 Å². The van der Waals surface area contributed by atoms with Crippen LogP contribution in [-0.4, -0.2) is 35.1 Å². The van der Waals surface area contributed by atoms with Crippen molar-refractivity contribution in [1.82, 2.24) is 9.59 Å². The number of rotatable bonds is 6. The van der Waals surface area contributed by atoms with Crippen LogP contribution in [0.1, 0.15) is 41.6 Å². The third kappa shape index (κ3) is 3.63. The van der Waals surface area contributed by atoms with Crippen molar-refractivity contribution in [2.75, 3.05) is 23.9 Å². The molecule has 2 heterocycles. The lowest BCUT2D eigenvalue weighted by molar-refractivity contribution is -0.117. The largest absolute Gasteiger partial charge is 0.494 e. The molecule has 1 aliphatic heterocycles. The van der Waals surface area contributed by atoms with Gasteiger partial charge in [0.25, 0.3) is 5.91 Å². The van der Waals surface area contributed by atoms with E-state index in [1.54, 1.807) is 30.2 Å². The number of methoxy groups -OCH3 is 1. The molecule has 0 atom stereocenters. The van der Waals surface area contributed by atoms with Gasteiger partial charge in [0, 0.05) is 24.7 Å². The summed E-state index contributed by atoms with van der Waals surface area (Å²) < 4.78 is 9.29. The number of anilines is 2. The molecular formula is C17H20N4O3S. The van der Waals surface area contributed by atoms with Gasteiger partial charge in [0.15, 0.2) is 0 Å². The van der Waals surface area contributed by atoms with Crippen molar-refractivity contribution < 1.29 is 14.3 Å². The SMILES string of the molecule is CCCc1nnsc1C(=O)Nc1ccc(N2CCCC2=O)c(OC)c1. The Labute approximate surface area is 150 Å². The molecule has 1 aromatic carbocycles. The molecule has 25 heavy (non-hydrogen) atoms. The maximum atomic E-state index is 12.5. The standard InChI is InChI=1S/C17H20N4O3S/c1-3-5-12-16(25-20-19-12)17(23)18-11-7-8-13(14(10-11)24-2)21-9-4-6-15(21)22/h7-8,10H,3-6,9H2,1-2H3,(H,18,23). The molecule has 0 aliphatic carbocycles. The van der Waals surface area contributed by atoms with Crippen LogP contribution in [0.15, 0.2) is 18.2 Å². The molecule has 0 spiro atoms. The molecule has 1 aromatic heterocycles. The topological polar surface area (TPSA) is 84.4 Å². The van der Waals surface area contributed by atoms with E-state index in [2.05, 4.69) is 14.9 Å². The smallest absolute Gasteiger partial charge is 0.269 e. The minimum absolute atomic E-state index is 0.0926. The molecule has 1 saturated heterocycles. The number of aryl methyl sites for hydroxylation is 1. The van der Waals surface area contributed by atoms with E-state index in [1.807, 2.05) is 6.92 Å². The number of nitrogens with one attached hydrogen (secondary N) is 1. The third-order valence-electron chi connectivity index (χ3n) is 4.05. The van der Waals surface area contributed by atoms with E-state index in [0.717, 1.165) is 42.2 Å². The van der Waals surface area contributed by atoms with Crippen molar-refractivity contribution >= 4 is 34.7 Å². The predicted molar refractivity (Wildman–Crippen MR) is 96.4 cm³/mol. The summed E-state index contributed by atoms with van der Waals surface area (Å²) >= 11 is 1.09. The van der Waals surface area contributed by atoms with Gasteiger partial charge in [-0.25, -0.2) is 0 Å². The van der Waals surface area contributed by atoms with E-state index in [4.69, 9.17) is 4.74 Å². The van der Waals surface area contributed by atoms with E-state index < -0.39 is 0 Å². The summed E-state index contributed by atoms with van der Waals surface area (Å²) in [6, 6.07) is 5.30. The fourth-order valence-electron chi connectivity index (χ4n) is 2.85. The molecule has 0 unspecified atom stereocenters. The molecule has 0 radical (unpaired) electrons. The van der Waals surface area contributed by atoms with E-state index in [1.165, 1.54) is 0 Å². The lowest BCUT2D eigenvalue weighted by Gasteiger charge is -2.19. The molecule has 1 N–H and O–H groups in total. The highest BCUT2D eigenvalue weighted by Gasteiger charge is 2.25. The Morgan fingerprint density at radius 3 is 2.96 bits per heavy atom. The minimum Gasteiger partial charge on any atom is -0.494 e. The summed E-state index contributed by atoms with van der Waals surface area (Å²) in [6.45, 7) is 2.72. The highest BCUT2D eigenvalue weighted by atomic mass is 32.1. The Morgan fingerprint density at radius 2 is 2.28 bits per heavy atom. The number of benzene rings is 1. The molecule has 2 aromatic rings. The van der Waals surface area contributed by atoms with Gasteiger partial charge in [-0.05, 0) is 36.5 Å². The number of ether oxygens (including phenoxy) is 1. The van der Waals surface area contributed by atoms with Gasteiger partial charge in [-0.2, -0.15) is 0 Å². The summed E-state index contributed by atoms with van der Waals surface area (Å²) in [4.78, 5) is 26.7. The first-order valence-corrected chi connectivity index (χ1v) is 9.02. The van der Waals surface area contributed by atoms with Crippen LogP contribution in [0.3, 0.4) is 0 Å². The van der Waals surface area contributed by atoms with Gasteiger partial charge in [0.05, 0.1) is 18.5 Å². The van der Waals surface area contributed by atoms with Crippen LogP contribution in [-0.2, 0) is 11.2 Å². The van der Waals surface area contributed by atoms with Gasteiger partial charge in [-0.15, -0.1) is 5.10 Å². The maximum Gasteiger partial charge on any atom is 0.269 e. The molecule has 1 aliphatic rings. The van der Waals surface area contributed by atoms with Crippen LogP contribution >= 0.6 is 11.5 Å². The fraction of sp³-hybridized carbons (Fsp3) is 0.412. The van der Waals surface area contributed by atoms with Crippen LogP contribution in [0.5, 0.6) is 5.75 Å². The van der Waals surface area contributed by atoms with Crippen LogP contribution in [0.2, 0.25) is 0 Å². The fourth-order valence-corrected chi connectivity index (χ4v) is 3.45. The highest BCUT2D eigenvalue weighted by Crippen LogP contribution is 2.34. The zero-order chi connectivity index (χ0) is 17.8. The number of hydrogen-bond acceptors (Lipinski definition) is 6. The van der Waals surface area contributed by atoms with Crippen LogP contribution in [0.25, 0.3) is 0 Å². The Morgan fingerprint density at radius 1 is 1.44 bits per heavy atom. The van der Waals surface area contributed by atoms with E-state index in [-0.39, 0.29) is 11.8 Å². The number of nitrogens with zero attached hydrogens (tertiary/aromatic N) is 3. The zero-order valence-corrected chi connectivity index (χ0v) is 15.1. The Bertz CT molecular complexity index is 790. The Balaban J connectivity index is 1.80. The van der Waals surface area contributed by atoms with E-state index in [9.17, 15) is 9.59 Å². The molecule has 0 bridgehead atoms. The van der Waals surface area contributed by atoms with Crippen molar-refractivity contribution in [2.24, 2.45) is 0 Å². The van der Waals surface area contributed by atoms with Crippen LogP contribution in [0.4, 0.5) is 11.4 Å². The number of amides is 2. The van der Waals surface area contributed by atoms with Gasteiger partial charge < -0.3 is 15.0 Å². The number of aromatic nitrogens is 2. The van der Waals surface area contributed by atoms with Crippen LogP contribution < -0.4 is 15.0 Å². The monoisotopic (exact) mass is 360 g/mol. The number of hydrogen-bond donors (Lipinski definition) is 1. The van der Waals surface area contributed by atoms with Gasteiger partial charge in [0.2, 0.25) is 5.91 Å². The minimum atomic E-state index is -0.231. The lowest BCUT2D eigenvalue weighted by Crippen LogP contribution is -2.24. The molecule has 0 saturated carbocycles. The Kier molecular flexibility index (Phi) is 5.28. The maximum absolute atomic E-state index is 12.5. The molecule has 8 heteroatoms. The van der Waals surface area contributed by atoms with Crippen molar-refractivity contribution in [2.45, 2.75) is 32.6 Å².